The molecule has 0 radical (unpaired) electrons. The summed E-state index contributed by atoms with van der Waals surface area (Å²) in [6.45, 7) is 3.34. The highest BCUT2D eigenvalue weighted by molar-refractivity contribution is 7.89. The Morgan fingerprint density at radius 2 is 1.73 bits per heavy atom. The molecule has 0 fully saturated rings. The molecule has 0 spiro atoms. The number of nitrogens with two attached hydrogens (primary N) is 1. The highest BCUT2D eigenvalue weighted by Crippen LogP contribution is 2.15. The zero-order chi connectivity index (χ0) is 11.6. The molecule has 1 aromatic carbocycles. The minimum Gasteiger partial charge on any atom is -0.478 e. The van der Waals surface area contributed by atoms with Crippen molar-refractivity contribution in [1.29, 1.82) is 0 Å². The van der Waals surface area contributed by atoms with Crippen LogP contribution in [-0.2, 0) is 14.8 Å². The summed E-state index contributed by atoms with van der Waals surface area (Å²) < 4.78 is 21.8. The predicted octanol–water partition coefficient (Wildman–Crippen LogP) is 0.432. The van der Waals surface area contributed by atoms with Gasteiger partial charge >= 0.3 is 5.97 Å². The number of hydrogen-bond donors (Lipinski definition) is 2. The zero-order valence-electron chi connectivity index (χ0n) is 7.67. The van der Waals surface area contributed by atoms with Gasteiger partial charge in [0.05, 0.1) is 10.5 Å². The Hall–Kier alpha value is -1.66. The Balaban J connectivity index is 3.12. The molecule has 80 valence electrons. The molecule has 5 nitrogen and oxygen atoms in total. The van der Waals surface area contributed by atoms with Crippen LogP contribution in [-0.4, -0.2) is 19.5 Å². The van der Waals surface area contributed by atoms with Gasteiger partial charge in [0.25, 0.3) is 0 Å². The summed E-state index contributed by atoms with van der Waals surface area (Å²) in [5, 5.41) is 13.5. The van der Waals surface area contributed by atoms with Crippen molar-refractivity contribution in [2.45, 2.75) is 4.90 Å². The van der Waals surface area contributed by atoms with Crippen molar-refractivity contribution < 1.29 is 18.3 Å². The summed E-state index contributed by atoms with van der Waals surface area (Å²) in [4.78, 5) is 10.5. The van der Waals surface area contributed by atoms with Crippen molar-refractivity contribution in [2.24, 2.45) is 5.14 Å². The molecule has 0 aliphatic heterocycles. The molecule has 0 amide bonds. The van der Waals surface area contributed by atoms with Crippen LogP contribution in [0.5, 0.6) is 0 Å². The fourth-order valence-electron chi connectivity index (χ4n) is 0.969. The van der Waals surface area contributed by atoms with Crippen LogP contribution >= 0.6 is 0 Å². The number of primary sulfonamides is 1. The molecule has 0 aliphatic rings. The number of carboxylic acids is 1. The molecule has 0 saturated heterocycles. The van der Waals surface area contributed by atoms with Crippen LogP contribution in [0.1, 0.15) is 5.56 Å². The fraction of sp³-hybridized carbons (Fsp3) is 0. The monoisotopic (exact) mass is 227 g/mol. The fourth-order valence-corrected chi connectivity index (χ4v) is 1.48. The summed E-state index contributed by atoms with van der Waals surface area (Å²) in [6.07, 6.45) is 0. The normalized spacial score (nSPS) is 11.0. The van der Waals surface area contributed by atoms with Gasteiger partial charge in [0, 0.05) is 0 Å². The third-order valence-corrected chi connectivity index (χ3v) is 2.72. The lowest BCUT2D eigenvalue weighted by Crippen LogP contribution is -2.12. The number of hydrogen-bond acceptors (Lipinski definition) is 3. The molecule has 0 heterocycles. The standard InChI is InChI=1S/C9H9NO4S/c1-6(9(11)12)7-2-4-8(5-3-7)15(10,13)14/h2-5H,1H2,(H,11,12)(H2,10,13,14). The Morgan fingerprint density at radius 3 is 2.07 bits per heavy atom. The van der Waals surface area contributed by atoms with E-state index in [1.165, 1.54) is 24.3 Å². The van der Waals surface area contributed by atoms with E-state index in [1.54, 1.807) is 0 Å². The van der Waals surface area contributed by atoms with Gasteiger partial charge in [0.2, 0.25) is 10.0 Å². The largest absolute Gasteiger partial charge is 0.478 e. The molecule has 0 bridgehead atoms. The van der Waals surface area contributed by atoms with Gasteiger partial charge in [-0.05, 0) is 17.7 Å². The number of carboxylic acid groups (broad SMARTS) is 1. The van der Waals surface area contributed by atoms with E-state index < -0.39 is 16.0 Å². The van der Waals surface area contributed by atoms with Gasteiger partial charge < -0.3 is 5.11 Å². The highest BCUT2D eigenvalue weighted by atomic mass is 32.2. The second-order valence-electron chi connectivity index (χ2n) is 2.85. The highest BCUT2D eigenvalue weighted by Gasteiger charge is 2.10. The maximum Gasteiger partial charge on any atom is 0.335 e. The summed E-state index contributed by atoms with van der Waals surface area (Å²) in [5.74, 6) is -1.15. The van der Waals surface area contributed by atoms with Crippen LogP contribution in [0.4, 0.5) is 0 Å². The van der Waals surface area contributed by atoms with E-state index in [1.807, 2.05) is 0 Å². The average Bonchev–Trinajstić information content (AvgIpc) is 2.15. The lowest BCUT2D eigenvalue weighted by atomic mass is 10.1. The lowest BCUT2D eigenvalue weighted by Gasteiger charge is -2.01. The Morgan fingerprint density at radius 1 is 1.27 bits per heavy atom. The quantitative estimate of drug-likeness (QED) is 0.732. The van der Waals surface area contributed by atoms with Gasteiger partial charge in [-0.3, -0.25) is 0 Å². The SMILES string of the molecule is C=C(C(=O)O)c1ccc(S(N)(=O)=O)cc1. The Labute approximate surface area is 86.9 Å². The van der Waals surface area contributed by atoms with Crippen molar-refractivity contribution in [3.63, 3.8) is 0 Å². The second kappa shape index (κ2) is 3.84. The first kappa shape index (κ1) is 11.4. The first-order valence-electron chi connectivity index (χ1n) is 3.88. The molecule has 6 heteroatoms. The van der Waals surface area contributed by atoms with Gasteiger partial charge in [0.15, 0.2) is 0 Å². The molecule has 0 unspecified atom stereocenters. The molecule has 0 atom stereocenters. The van der Waals surface area contributed by atoms with E-state index in [0.29, 0.717) is 5.56 Å². The minimum atomic E-state index is -3.74. The van der Waals surface area contributed by atoms with E-state index in [4.69, 9.17) is 10.2 Å². The van der Waals surface area contributed by atoms with Crippen molar-refractivity contribution in [1.82, 2.24) is 0 Å². The van der Waals surface area contributed by atoms with Crippen molar-refractivity contribution in [3.05, 3.63) is 36.4 Å². The van der Waals surface area contributed by atoms with E-state index in [2.05, 4.69) is 6.58 Å². The number of aliphatic carboxylic acids is 1. The first-order chi connectivity index (χ1) is 6.82. The molecular formula is C9H9NO4S. The maximum absolute atomic E-state index is 10.9. The molecule has 0 saturated carbocycles. The summed E-state index contributed by atoms with van der Waals surface area (Å²) in [5.41, 5.74) is 0.242. The van der Waals surface area contributed by atoms with Crippen LogP contribution in [0.25, 0.3) is 5.57 Å². The maximum atomic E-state index is 10.9. The van der Waals surface area contributed by atoms with E-state index in [0.717, 1.165) is 0 Å². The van der Waals surface area contributed by atoms with Gasteiger partial charge in [0.1, 0.15) is 0 Å². The topological polar surface area (TPSA) is 97.5 Å². The van der Waals surface area contributed by atoms with Crippen LogP contribution in [0, 0.1) is 0 Å². The van der Waals surface area contributed by atoms with E-state index >= 15 is 0 Å². The molecule has 0 aromatic heterocycles. The third-order valence-electron chi connectivity index (χ3n) is 1.79. The smallest absolute Gasteiger partial charge is 0.335 e. The minimum absolute atomic E-state index is 0.0653. The molecule has 15 heavy (non-hydrogen) atoms. The van der Waals surface area contributed by atoms with Crippen LogP contribution in [0.3, 0.4) is 0 Å². The average molecular weight is 227 g/mol. The van der Waals surface area contributed by atoms with Gasteiger partial charge in [-0.1, -0.05) is 18.7 Å². The van der Waals surface area contributed by atoms with Gasteiger partial charge in [-0.25, -0.2) is 18.4 Å². The summed E-state index contributed by atoms with van der Waals surface area (Å²) >= 11 is 0. The summed E-state index contributed by atoms with van der Waals surface area (Å²) in [6, 6.07) is 5.16. The number of benzene rings is 1. The second-order valence-corrected chi connectivity index (χ2v) is 4.41. The lowest BCUT2D eigenvalue weighted by molar-refractivity contribution is -0.130. The van der Waals surface area contributed by atoms with Crippen LogP contribution < -0.4 is 5.14 Å². The van der Waals surface area contributed by atoms with Gasteiger partial charge in [-0.15, -0.1) is 0 Å². The van der Waals surface area contributed by atoms with Gasteiger partial charge in [-0.2, -0.15) is 0 Å². The number of rotatable bonds is 3. The first-order valence-corrected chi connectivity index (χ1v) is 5.42. The molecule has 0 aliphatic carbocycles. The van der Waals surface area contributed by atoms with Crippen molar-refractivity contribution >= 4 is 21.6 Å². The Bertz CT molecular complexity index is 501. The number of carbonyl (C=O) groups is 1. The van der Waals surface area contributed by atoms with E-state index in [-0.39, 0.29) is 10.5 Å². The van der Waals surface area contributed by atoms with Crippen LogP contribution in [0.2, 0.25) is 0 Å². The Kier molecular flexibility index (Phi) is 2.92. The molecule has 3 N–H and O–H groups in total. The third kappa shape index (κ3) is 2.64. The number of sulfonamides is 1. The molecule has 1 aromatic rings. The van der Waals surface area contributed by atoms with Crippen molar-refractivity contribution in [3.8, 4) is 0 Å². The zero-order valence-corrected chi connectivity index (χ0v) is 8.49. The molecule has 1 rings (SSSR count). The van der Waals surface area contributed by atoms with E-state index in [9.17, 15) is 13.2 Å². The summed E-state index contributed by atoms with van der Waals surface area (Å²) in [7, 11) is -3.74. The predicted molar refractivity (Wildman–Crippen MR) is 54.5 cm³/mol. The van der Waals surface area contributed by atoms with Crippen molar-refractivity contribution in [2.75, 3.05) is 0 Å². The van der Waals surface area contributed by atoms with Crippen LogP contribution in [0.15, 0.2) is 35.7 Å². The molecular weight excluding hydrogens is 218 g/mol.